The first-order valence-corrected chi connectivity index (χ1v) is 8.95. The van der Waals surface area contributed by atoms with Gasteiger partial charge in [0.2, 0.25) is 0 Å². The van der Waals surface area contributed by atoms with E-state index in [0.29, 0.717) is 17.6 Å². The monoisotopic (exact) mass is 529 g/mol. The first-order chi connectivity index (χ1) is 11.6. The summed E-state index contributed by atoms with van der Waals surface area (Å²) in [7, 11) is 1.73. The first-order valence-electron chi connectivity index (χ1n) is 8.16. The van der Waals surface area contributed by atoms with E-state index in [1.165, 1.54) is 6.07 Å². The normalized spacial score (nSPS) is 20.2. The molecule has 1 aliphatic rings. The Morgan fingerprint density at radius 2 is 2.24 bits per heavy atom. The van der Waals surface area contributed by atoms with Crippen LogP contribution in [0, 0.1) is 11.2 Å². The van der Waals surface area contributed by atoms with Crippen molar-refractivity contribution in [1.82, 2.24) is 10.6 Å². The maximum Gasteiger partial charge on any atom is 0.191 e. The van der Waals surface area contributed by atoms with Gasteiger partial charge in [-0.1, -0.05) is 6.07 Å². The van der Waals surface area contributed by atoms with E-state index in [0.717, 1.165) is 43.9 Å². The fourth-order valence-electron chi connectivity index (χ4n) is 2.82. The van der Waals surface area contributed by atoms with E-state index >= 15 is 0 Å². The Labute approximate surface area is 174 Å². The summed E-state index contributed by atoms with van der Waals surface area (Å²) in [4.78, 5) is 4.22. The van der Waals surface area contributed by atoms with Crippen molar-refractivity contribution < 1.29 is 14.2 Å². The Bertz CT molecular complexity index is 569. The zero-order valence-electron chi connectivity index (χ0n) is 14.4. The van der Waals surface area contributed by atoms with Crippen molar-refractivity contribution >= 4 is 45.9 Å². The topological polar surface area (TPSA) is 65.9 Å². The zero-order chi connectivity index (χ0) is 17.4. The molecular formula is C17H26BrFIN3O2. The second-order valence-electron chi connectivity index (χ2n) is 6.13. The van der Waals surface area contributed by atoms with Gasteiger partial charge in [0.05, 0.1) is 11.1 Å². The van der Waals surface area contributed by atoms with E-state index in [1.54, 1.807) is 19.2 Å². The molecule has 1 atom stereocenters. The van der Waals surface area contributed by atoms with Crippen LogP contribution in [0.1, 0.15) is 18.4 Å². The van der Waals surface area contributed by atoms with Crippen LogP contribution in [0.5, 0.6) is 0 Å². The molecule has 1 fully saturated rings. The Kier molecular flexibility index (Phi) is 10.2. The Balaban J connectivity index is 0.00000312. The number of aliphatic hydroxyl groups excluding tert-OH is 1. The zero-order valence-corrected chi connectivity index (χ0v) is 18.3. The van der Waals surface area contributed by atoms with Crippen molar-refractivity contribution in [2.24, 2.45) is 10.4 Å². The van der Waals surface area contributed by atoms with Crippen molar-refractivity contribution in [2.75, 3.05) is 40.0 Å². The summed E-state index contributed by atoms with van der Waals surface area (Å²) in [6.07, 6.45) is 2.44. The van der Waals surface area contributed by atoms with E-state index < -0.39 is 0 Å². The van der Waals surface area contributed by atoms with Crippen LogP contribution in [0.25, 0.3) is 0 Å². The van der Waals surface area contributed by atoms with Gasteiger partial charge in [-0.05, 0) is 52.9 Å². The molecule has 8 heteroatoms. The molecule has 1 aromatic carbocycles. The molecule has 1 saturated heterocycles. The number of nitrogens with one attached hydrogen (secondary N) is 2. The van der Waals surface area contributed by atoms with Crippen molar-refractivity contribution in [2.45, 2.75) is 19.3 Å². The second-order valence-corrected chi connectivity index (χ2v) is 6.98. The number of nitrogens with zero attached hydrogens (tertiary/aromatic N) is 1. The van der Waals surface area contributed by atoms with Crippen LogP contribution in [-0.2, 0) is 11.2 Å². The molecule has 0 radical (unpaired) electrons. The first kappa shape index (κ1) is 22.6. The number of halogens is 3. The highest BCUT2D eigenvalue weighted by Crippen LogP contribution is 2.31. The van der Waals surface area contributed by atoms with Gasteiger partial charge in [-0.15, -0.1) is 24.0 Å². The molecule has 1 aromatic rings. The van der Waals surface area contributed by atoms with Crippen LogP contribution in [0.3, 0.4) is 0 Å². The molecule has 3 N–H and O–H groups in total. The smallest absolute Gasteiger partial charge is 0.191 e. The van der Waals surface area contributed by atoms with Gasteiger partial charge >= 0.3 is 0 Å². The third-order valence-corrected chi connectivity index (χ3v) is 4.98. The van der Waals surface area contributed by atoms with Crippen molar-refractivity contribution in [3.8, 4) is 0 Å². The number of ether oxygens (including phenoxy) is 1. The lowest BCUT2D eigenvalue weighted by molar-refractivity contribution is 0.127. The molecule has 0 amide bonds. The number of aliphatic hydroxyl groups is 1. The number of hydrogen-bond donors (Lipinski definition) is 3. The maximum atomic E-state index is 13.2. The molecule has 0 spiro atoms. The van der Waals surface area contributed by atoms with Gasteiger partial charge in [-0.2, -0.15) is 0 Å². The molecule has 1 aliphatic heterocycles. The highest BCUT2D eigenvalue weighted by Gasteiger charge is 2.34. The lowest BCUT2D eigenvalue weighted by atomic mass is 9.84. The Hall–Kier alpha value is -0.450. The summed E-state index contributed by atoms with van der Waals surface area (Å²) >= 11 is 3.20. The van der Waals surface area contributed by atoms with Crippen LogP contribution >= 0.6 is 39.9 Å². The molecule has 142 valence electrons. The van der Waals surface area contributed by atoms with Gasteiger partial charge in [0.1, 0.15) is 5.82 Å². The van der Waals surface area contributed by atoms with E-state index in [2.05, 4.69) is 31.6 Å². The molecule has 25 heavy (non-hydrogen) atoms. The van der Waals surface area contributed by atoms with Crippen LogP contribution in [0.4, 0.5) is 4.39 Å². The minimum Gasteiger partial charge on any atom is -0.396 e. The SMILES string of the molecule is CN=C(NCCc1ccc(F)c(Br)c1)NCC1(CCO)CCOC1.I. The highest BCUT2D eigenvalue weighted by atomic mass is 127. The largest absolute Gasteiger partial charge is 0.396 e. The quantitative estimate of drug-likeness (QED) is 0.289. The van der Waals surface area contributed by atoms with Gasteiger partial charge in [-0.3, -0.25) is 4.99 Å². The van der Waals surface area contributed by atoms with Crippen LogP contribution in [0.2, 0.25) is 0 Å². The average molecular weight is 530 g/mol. The molecule has 0 saturated carbocycles. The second kappa shape index (κ2) is 11.3. The molecule has 1 unspecified atom stereocenters. The van der Waals surface area contributed by atoms with Gasteiger partial charge in [0, 0.05) is 38.8 Å². The van der Waals surface area contributed by atoms with Gasteiger partial charge in [0.25, 0.3) is 0 Å². The number of guanidine groups is 1. The summed E-state index contributed by atoms with van der Waals surface area (Å²) in [6.45, 7) is 2.99. The predicted molar refractivity (Wildman–Crippen MR) is 112 cm³/mol. The standard InChI is InChI=1S/C17H25BrFN3O2.HI/c1-20-16(22-11-17(5-8-23)6-9-24-12-17)21-7-4-13-2-3-15(19)14(18)10-13;/h2-3,10,23H,4-9,11-12H2,1H3,(H2,20,21,22);1H. The number of benzene rings is 1. The highest BCUT2D eigenvalue weighted by molar-refractivity contribution is 14.0. The Morgan fingerprint density at radius 3 is 2.84 bits per heavy atom. The van der Waals surface area contributed by atoms with Crippen molar-refractivity contribution in [3.05, 3.63) is 34.1 Å². The van der Waals surface area contributed by atoms with Gasteiger partial charge < -0.3 is 20.5 Å². The van der Waals surface area contributed by atoms with Gasteiger partial charge in [0.15, 0.2) is 5.96 Å². The lowest BCUT2D eigenvalue weighted by Gasteiger charge is -2.27. The molecule has 2 rings (SSSR count). The molecular weight excluding hydrogens is 504 g/mol. The third-order valence-electron chi connectivity index (χ3n) is 4.37. The minimum atomic E-state index is -0.253. The molecule has 1 heterocycles. The van der Waals surface area contributed by atoms with Crippen LogP contribution in [-0.4, -0.2) is 51.0 Å². The van der Waals surface area contributed by atoms with Crippen molar-refractivity contribution in [3.63, 3.8) is 0 Å². The number of hydrogen-bond acceptors (Lipinski definition) is 3. The fraction of sp³-hybridized carbons (Fsp3) is 0.588. The Morgan fingerprint density at radius 1 is 1.44 bits per heavy atom. The maximum absolute atomic E-state index is 13.2. The minimum absolute atomic E-state index is 0. The summed E-state index contributed by atoms with van der Waals surface area (Å²) < 4.78 is 19.2. The number of rotatable bonds is 7. The molecule has 0 aliphatic carbocycles. The van der Waals surface area contributed by atoms with Crippen molar-refractivity contribution in [1.29, 1.82) is 0 Å². The van der Waals surface area contributed by atoms with Gasteiger partial charge in [-0.25, -0.2) is 4.39 Å². The molecule has 5 nitrogen and oxygen atoms in total. The summed E-state index contributed by atoms with van der Waals surface area (Å²) in [6, 6.07) is 5.04. The van der Waals surface area contributed by atoms with E-state index in [4.69, 9.17) is 4.74 Å². The predicted octanol–water partition coefficient (Wildman–Crippen LogP) is 2.70. The summed E-state index contributed by atoms with van der Waals surface area (Å²) in [5, 5.41) is 15.8. The lowest BCUT2D eigenvalue weighted by Crippen LogP contribution is -2.45. The van der Waals surface area contributed by atoms with Crippen LogP contribution in [0.15, 0.2) is 27.7 Å². The van der Waals surface area contributed by atoms with Crippen LogP contribution < -0.4 is 10.6 Å². The van der Waals surface area contributed by atoms with E-state index in [-0.39, 0.29) is 41.8 Å². The summed E-state index contributed by atoms with van der Waals surface area (Å²) in [5.74, 6) is 0.470. The third kappa shape index (κ3) is 6.99. The number of aliphatic imine (C=N–C) groups is 1. The molecule has 0 aromatic heterocycles. The average Bonchev–Trinajstić information content (AvgIpc) is 3.03. The fourth-order valence-corrected chi connectivity index (χ4v) is 3.25. The molecule has 0 bridgehead atoms. The van der Waals surface area contributed by atoms with E-state index in [1.807, 2.05) is 0 Å². The summed E-state index contributed by atoms with van der Waals surface area (Å²) in [5.41, 5.74) is 1.03. The van der Waals surface area contributed by atoms with E-state index in [9.17, 15) is 9.50 Å².